The van der Waals surface area contributed by atoms with E-state index in [1.165, 1.54) is 5.70 Å². The van der Waals surface area contributed by atoms with Gasteiger partial charge in [0.05, 0.1) is 6.04 Å². The van der Waals surface area contributed by atoms with Crippen molar-refractivity contribution in [3.05, 3.63) is 23.9 Å². The van der Waals surface area contributed by atoms with Gasteiger partial charge in [-0.15, -0.1) is 0 Å². The Morgan fingerprint density at radius 2 is 2.18 bits per heavy atom. The summed E-state index contributed by atoms with van der Waals surface area (Å²) in [7, 11) is 0. The van der Waals surface area contributed by atoms with E-state index in [2.05, 4.69) is 42.7 Å². The molecule has 2 heteroatoms. The van der Waals surface area contributed by atoms with Crippen LogP contribution < -0.4 is 10.6 Å². The Morgan fingerprint density at radius 3 is 2.82 bits per heavy atom. The Hall–Kier alpha value is -0.760. The van der Waals surface area contributed by atoms with Crippen LogP contribution in [0.1, 0.15) is 13.8 Å². The molecule has 0 aromatic heterocycles. The maximum absolute atomic E-state index is 3.36. The predicted octanol–water partition coefficient (Wildman–Crippen LogP) is 1.03. The normalized spacial score (nSPS) is 22.0. The van der Waals surface area contributed by atoms with Gasteiger partial charge in [0.1, 0.15) is 0 Å². The molecule has 11 heavy (non-hydrogen) atoms. The molecule has 0 aliphatic heterocycles. The molecule has 0 spiro atoms. The van der Waals surface area contributed by atoms with E-state index in [0.717, 1.165) is 13.1 Å². The molecule has 2 N–H and O–H groups in total. The van der Waals surface area contributed by atoms with Gasteiger partial charge in [-0.25, -0.2) is 0 Å². The van der Waals surface area contributed by atoms with E-state index in [4.69, 9.17) is 0 Å². The summed E-state index contributed by atoms with van der Waals surface area (Å²) in [5.41, 5.74) is 1.29. The number of hydrogen-bond acceptors (Lipinski definition) is 2. The van der Waals surface area contributed by atoms with E-state index < -0.39 is 0 Å². The average Bonchev–Trinajstić information content (AvgIpc) is 2.39. The van der Waals surface area contributed by atoms with Crippen LogP contribution in [0.5, 0.6) is 0 Å². The monoisotopic (exact) mass is 152 g/mol. The van der Waals surface area contributed by atoms with Crippen LogP contribution in [0.3, 0.4) is 0 Å². The summed E-state index contributed by atoms with van der Waals surface area (Å²) in [4.78, 5) is 0. The summed E-state index contributed by atoms with van der Waals surface area (Å²) in [5.74, 6) is 0. The zero-order valence-electron chi connectivity index (χ0n) is 7.22. The molecule has 0 saturated heterocycles. The van der Waals surface area contributed by atoms with Crippen molar-refractivity contribution in [2.24, 2.45) is 0 Å². The van der Waals surface area contributed by atoms with Crippen LogP contribution >= 0.6 is 0 Å². The first-order valence-corrected chi connectivity index (χ1v) is 4.24. The highest BCUT2D eigenvalue weighted by Crippen LogP contribution is 2.07. The molecule has 0 bridgehead atoms. The van der Waals surface area contributed by atoms with Gasteiger partial charge < -0.3 is 10.6 Å². The van der Waals surface area contributed by atoms with E-state index >= 15 is 0 Å². The average molecular weight is 152 g/mol. The SMILES string of the molecule is CCNC1=CC=CC1NCC. The van der Waals surface area contributed by atoms with Crippen LogP contribution in [0.25, 0.3) is 0 Å². The van der Waals surface area contributed by atoms with Crippen molar-refractivity contribution in [2.45, 2.75) is 19.9 Å². The fourth-order valence-corrected chi connectivity index (χ4v) is 1.25. The summed E-state index contributed by atoms with van der Waals surface area (Å²) in [6.45, 7) is 6.24. The fraction of sp³-hybridized carbons (Fsp3) is 0.556. The third-order valence-corrected chi connectivity index (χ3v) is 1.72. The molecule has 0 heterocycles. The lowest BCUT2D eigenvalue weighted by atomic mass is 10.2. The standard InChI is InChI=1S/C9H16N2/c1-3-10-8-6-5-7-9(8)11-4-2/h5-8,10-11H,3-4H2,1-2H3. The highest BCUT2D eigenvalue weighted by atomic mass is 15.0. The Kier molecular flexibility index (Phi) is 3.17. The second-order valence-corrected chi connectivity index (χ2v) is 2.57. The first-order valence-electron chi connectivity index (χ1n) is 4.24. The molecule has 1 atom stereocenters. The number of hydrogen-bond donors (Lipinski definition) is 2. The van der Waals surface area contributed by atoms with Crippen molar-refractivity contribution in [1.29, 1.82) is 0 Å². The lowest BCUT2D eigenvalue weighted by Crippen LogP contribution is -2.33. The van der Waals surface area contributed by atoms with Gasteiger partial charge in [0.2, 0.25) is 0 Å². The highest BCUT2D eigenvalue weighted by Gasteiger charge is 2.10. The third kappa shape index (κ3) is 2.09. The van der Waals surface area contributed by atoms with E-state index in [1.807, 2.05) is 0 Å². The number of allylic oxidation sites excluding steroid dienone is 2. The fourth-order valence-electron chi connectivity index (χ4n) is 1.25. The molecule has 0 amide bonds. The molecule has 0 fully saturated rings. The first-order chi connectivity index (χ1) is 5.38. The van der Waals surface area contributed by atoms with Crippen molar-refractivity contribution in [1.82, 2.24) is 10.6 Å². The smallest absolute Gasteiger partial charge is 0.0658 e. The van der Waals surface area contributed by atoms with Crippen molar-refractivity contribution in [2.75, 3.05) is 13.1 Å². The second kappa shape index (κ2) is 4.19. The van der Waals surface area contributed by atoms with Gasteiger partial charge in [-0.2, -0.15) is 0 Å². The van der Waals surface area contributed by atoms with Crippen LogP contribution in [-0.2, 0) is 0 Å². The molecule has 0 radical (unpaired) electrons. The summed E-state index contributed by atoms with van der Waals surface area (Å²) in [5, 5.41) is 6.68. The molecule has 0 aromatic carbocycles. The van der Waals surface area contributed by atoms with Crippen LogP contribution in [0.15, 0.2) is 23.9 Å². The molecule has 0 aromatic rings. The molecule has 1 rings (SSSR count). The Balaban J connectivity index is 2.40. The van der Waals surface area contributed by atoms with Gasteiger partial charge in [-0.05, 0) is 19.5 Å². The molecule has 1 aliphatic rings. The summed E-state index contributed by atoms with van der Waals surface area (Å²) < 4.78 is 0. The van der Waals surface area contributed by atoms with Gasteiger partial charge in [0, 0.05) is 12.2 Å². The zero-order valence-corrected chi connectivity index (χ0v) is 7.22. The van der Waals surface area contributed by atoms with Gasteiger partial charge >= 0.3 is 0 Å². The van der Waals surface area contributed by atoms with Gasteiger partial charge in [0.25, 0.3) is 0 Å². The molecule has 1 aliphatic carbocycles. The Labute approximate surface area is 68.4 Å². The topological polar surface area (TPSA) is 24.1 Å². The van der Waals surface area contributed by atoms with E-state index in [0.29, 0.717) is 6.04 Å². The summed E-state index contributed by atoms with van der Waals surface area (Å²) in [6, 6.07) is 0.417. The zero-order chi connectivity index (χ0) is 8.10. The third-order valence-electron chi connectivity index (χ3n) is 1.72. The summed E-state index contributed by atoms with van der Waals surface area (Å²) >= 11 is 0. The summed E-state index contributed by atoms with van der Waals surface area (Å²) in [6.07, 6.45) is 6.38. The lowest BCUT2D eigenvalue weighted by Gasteiger charge is -2.15. The molecule has 1 unspecified atom stereocenters. The molecular weight excluding hydrogens is 136 g/mol. The Bertz CT molecular complexity index is 170. The van der Waals surface area contributed by atoms with Gasteiger partial charge in [-0.1, -0.05) is 19.1 Å². The van der Waals surface area contributed by atoms with Crippen molar-refractivity contribution in [3.8, 4) is 0 Å². The van der Waals surface area contributed by atoms with Gasteiger partial charge in [0.15, 0.2) is 0 Å². The van der Waals surface area contributed by atoms with Crippen LogP contribution in [0, 0.1) is 0 Å². The quantitative estimate of drug-likeness (QED) is 0.628. The minimum Gasteiger partial charge on any atom is -0.387 e. The lowest BCUT2D eigenvalue weighted by molar-refractivity contribution is 0.640. The number of nitrogens with one attached hydrogen (secondary N) is 2. The predicted molar refractivity (Wildman–Crippen MR) is 48.4 cm³/mol. The van der Waals surface area contributed by atoms with Crippen LogP contribution in [0.4, 0.5) is 0 Å². The number of rotatable bonds is 4. The molecule has 0 saturated carbocycles. The minimum atomic E-state index is 0.417. The second-order valence-electron chi connectivity index (χ2n) is 2.57. The first kappa shape index (κ1) is 8.34. The van der Waals surface area contributed by atoms with Crippen molar-refractivity contribution < 1.29 is 0 Å². The van der Waals surface area contributed by atoms with E-state index in [-0.39, 0.29) is 0 Å². The van der Waals surface area contributed by atoms with Crippen LogP contribution in [0.2, 0.25) is 0 Å². The minimum absolute atomic E-state index is 0.417. The highest BCUT2D eigenvalue weighted by molar-refractivity contribution is 5.29. The molecular formula is C9H16N2. The maximum atomic E-state index is 3.36. The van der Waals surface area contributed by atoms with Crippen molar-refractivity contribution >= 4 is 0 Å². The van der Waals surface area contributed by atoms with Crippen molar-refractivity contribution in [3.63, 3.8) is 0 Å². The van der Waals surface area contributed by atoms with E-state index in [1.54, 1.807) is 0 Å². The van der Waals surface area contributed by atoms with E-state index in [9.17, 15) is 0 Å². The van der Waals surface area contributed by atoms with Crippen LogP contribution in [-0.4, -0.2) is 19.1 Å². The molecule has 2 nitrogen and oxygen atoms in total. The Morgan fingerprint density at radius 1 is 1.36 bits per heavy atom. The largest absolute Gasteiger partial charge is 0.387 e. The maximum Gasteiger partial charge on any atom is 0.0658 e. The number of likely N-dealkylation sites (N-methyl/N-ethyl adjacent to an activating group) is 2. The molecule has 62 valence electrons. The van der Waals surface area contributed by atoms with Gasteiger partial charge in [-0.3, -0.25) is 0 Å².